The fraction of sp³-hybridized carbons (Fsp3) is 0.833. The molecule has 0 aromatic heterocycles. The van der Waals surface area contributed by atoms with Crippen LogP contribution < -0.4 is 0 Å². The summed E-state index contributed by atoms with van der Waals surface area (Å²) in [5, 5.41) is 0. The van der Waals surface area contributed by atoms with Gasteiger partial charge in [-0.1, -0.05) is 25.5 Å². The Balaban J connectivity index is 1.47. The molecule has 0 N–H and O–H groups in total. The van der Waals surface area contributed by atoms with Crippen LogP contribution in [0.2, 0.25) is 0 Å². The molecule has 4 aliphatic rings. The van der Waals surface area contributed by atoms with Crippen molar-refractivity contribution >= 4 is 5.91 Å². The first-order valence-corrected chi connectivity index (χ1v) is 8.49. The number of nitrogens with zero attached hydrogens (tertiary/aromatic N) is 1. The van der Waals surface area contributed by atoms with Crippen LogP contribution in [0.15, 0.2) is 11.6 Å². The molecule has 6 unspecified atom stereocenters. The normalized spacial score (nSPS) is 45.6. The molecule has 3 aliphatic heterocycles. The lowest BCUT2D eigenvalue weighted by Gasteiger charge is -2.19. The Morgan fingerprint density at radius 2 is 1.71 bits per heavy atom. The molecule has 116 valence electrons. The van der Waals surface area contributed by atoms with Crippen molar-refractivity contribution in [1.29, 1.82) is 0 Å². The fourth-order valence-corrected chi connectivity index (χ4v) is 5.16. The zero-order valence-corrected chi connectivity index (χ0v) is 13.6. The van der Waals surface area contributed by atoms with E-state index in [4.69, 9.17) is 4.74 Å². The Kier molecular flexibility index (Phi) is 2.86. The van der Waals surface area contributed by atoms with Gasteiger partial charge in [0.15, 0.2) is 0 Å². The maximum atomic E-state index is 12.9. The fourth-order valence-electron chi connectivity index (χ4n) is 5.16. The molecule has 2 bridgehead atoms. The highest BCUT2D eigenvalue weighted by Gasteiger charge is 2.63. The van der Waals surface area contributed by atoms with Crippen LogP contribution >= 0.6 is 0 Å². The van der Waals surface area contributed by atoms with Crippen LogP contribution in [-0.2, 0) is 9.53 Å². The zero-order chi connectivity index (χ0) is 14.9. The van der Waals surface area contributed by atoms with E-state index in [1.807, 2.05) is 0 Å². The van der Waals surface area contributed by atoms with Crippen LogP contribution in [0.25, 0.3) is 0 Å². The third-order valence-corrected chi connectivity index (χ3v) is 6.45. The quantitative estimate of drug-likeness (QED) is 0.732. The standard InChI is InChI=1S/C18H27NO2/c1-10(2)7-13-16(18(13,3)4)17(20)19-8-11-12(9-19)15-6-5-14(11)21-15/h7,11-16H,5-6,8-9H2,1-4H3. The molecule has 0 spiro atoms. The third-order valence-electron chi connectivity index (χ3n) is 6.45. The highest BCUT2D eigenvalue weighted by molar-refractivity contribution is 5.84. The second kappa shape index (κ2) is 4.34. The molecule has 3 saturated heterocycles. The molecule has 21 heavy (non-hydrogen) atoms. The van der Waals surface area contributed by atoms with Gasteiger partial charge in [0.25, 0.3) is 0 Å². The van der Waals surface area contributed by atoms with Crippen LogP contribution in [-0.4, -0.2) is 36.1 Å². The molecule has 6 atom stereocenters. The highest BCUT2D eigenvalue weighted by atomic mass is 16.5. The summed E-state index contributed by atoms with van der Waals surface area (Å²) in [6.07, 6.45) is 5.61. The summed E-state index contributed by atoms with van der Waals surface area (Å²) >= 11 is 0. The van der Waals surface area contributed by atoms with Gasteiger partial charge in [0.05, 0.1) is 18.1 Å². The van der Waals surface area contributed by atoms with Crippen molar-refractivity contribution < 1.29 is 9.53 Å². The van der Waals surface area contributed by atoms with E-state index in [1.165, 1.54) is 18.4 Å². The summed E-state index contributed by atoms with van der Waals surface area (Å²) in [4.78, 5) is 15.1. The molecule has 4 rings (SSSR count). The van der Waals surface area contributed by atoms with E-state index in [0.29, 0.717) is 35.9 Å². The number of rotatable bonds is 2. The zero-order valence-electron chi connectivity index (χ0n) is 13.6. The molecular weight excluding hydrogens is 262 g/mol. The number of hydrogen-bond donors (Lipinski definition) is 0. The van der Waals surface area contributed by atoms with Crippen LogP contribution in [0.5, 0.6) is 0 Å². The molecule has 4 fully saturated rings. The average molecular weight is 289 g/mol. The van der Waals surface area contributed by atoms with Gasteiger partial charge in [0, 0.05) is 24.9 Å². The van der Waals surface area contributed by atoms with Crippen molar-refractivity contribution in [2.45, 2.75) is 52.7 Å². The number of ether oxygens (including phenoxy) is 1. The van der Waals surface area contributed by atoms with E-state index in [0.717, 1.165) is 13.1 Å². The molecule has 3 nitrogen and oxygen atoms in total. The number of allylic oxidation sites excluding steroid dienone is 2. The molecule has 0 aromatic rings. The first kappa shape index (κ1) is 13.8. The molecule has 0 aromatic carbocycles. The van der Waals surface area contributed by atoms with E-state index in [1.54, 1.807) is 0 Å². The number of amides is 1. The Labute approximate surface area is 127 Å². The number of fused-ring (bicyclic) bond motifs is 5. The molecule has 1 saturated carbocycles. The summed E-state index contributed by atoms with van der Waals surface area (Å²) < 4.78 is 6.01. The number of hydrogen-bond acceptors (Lipinski definition) is 2. The number of carbonyl (C=O) groups excluding carboxylic acids is 1. The van der Waals surface area contributed by atoms with E-state index in [-0.39, 0.29) is 11.3 Å². The molecular formula is C18H27NO2. The van der Waals surface area contributed by atoms with Crippen molar-refractivity contribution in [3.8, 4) is 0 Å². The van der Waals surface area contributed by atoms with Crippen molar-refractivity contribution in [1.82, 2.24) is 4.90 Å². The minimum Gasteiger partial charge on any atom is -0.374 e. The lowest BCUT2D eigenvalue weighted by Crippen LogP contribution is -2.33. The lowest BCUT2D eigenvalue weighted by molar-refractivity contribution is -0.133. The predicted molar refractivity (Wildman–Crippen MR) is 81.6 cm³/mol. The van der Waals surface area contributed by atoms with E-state index in [9.17, 15) is 4.79 Å². The summed E-state index contributed by atoms with van der Waals surface area (Å²) in [6, 6.07) is 0. The summed E-state index contributed by atoms with van der Waals surface area (Å²) in [5.74, 6) is 2.28. The number of likely N-dealkylation sites (tertiary alicyclic amines) is 1. The summed E-state index contributed by atoms with van der Waals surface area (Å²) in [5.41, 5.74) is 1.47. The maximum Gasteiger partial charge on any atom is 0.226 e. The van der Waals surface area contributed by atoms with Gasteiger partial charge < -0.3 is 9.64 Å². The Hall–Kier alpha value is -0.830. The van der Waals surface area contributed by atoms with Crippen molar-refractivity contribution in [3.05, 3.63) is 11.6 Å². The van der Waals surface area contributed by atoms with Gasteiger partial charge in [0.1, 0.15) is 0 Å². The van der Waals surface area contributed by atoms with Crippen LogP contribution in [0.4, 0.5) is 0 Å². The van der Waals surface area contributed by atoms with Gasteiger partial charge in [-0.15, -0.1) is 0 Å². The minimum atomic E-state index is 0.140. The van der Waals surface area contributed by atoms with E-state index in [2.05, 4.69) is 38.7 Å². The lowest BCUT2D eigenvalue weighted by atomic mass is 9.82. The van der Waals surface area contributed by atoms with Gasteiger partial charge in [-0.2, -0.15) is 0 Å². The van der Waals surface area contributed by atoms with Gasteiger partial charge in [-0.25, -0.2) is 0 Å². The molecule has 0 radical (unpaired) electrons. The minimum absolute atomic E-state index is 0.140. The Morgan fingerprint density at radius 1 is 1.14 bits per heavy atom. The summed E-state index contributed by atoms with van der Waals surface area (Å²) in [6.45, 7) is 10.6. The third kappa shape index (κ3) is 1.93. The second-order valence-electron chi connectivity index (χ2n) is 8.43. The first-order valence-electron chi connectivity index (χ1n) is 8.49. The van der Waals surface area contributed by atoms with E-state index >= 15 is 0 Å². The van der Waals surface area contributed by atoms with Crippen molar-refractivity contribution in [3.63, 3.8) is 0 Å². The molecule has 1 aliphatic carbocycles. The van der Waals surface area contributed by atoms with Crippen LogP contribution in [0.3, 0.4) is 0 Å². The maximum absolute atomic E-state index is 12.9. The molecule has 3 heterocycles. The largest absolute Gasteiger partial charge is 0.374 e. The van der Waals surface area contributed by atoms with E-state index < -0.39 is 0 Å². The average Bonchev–Trinajstić information content (AvgIpc) is 2.93. The monoisotopic (exact) mass is 289 g/mol. The summed E-state index contributed by atoms with van der Waals surface area (Å²) in [7, 11) is 0. The first-order chi connectivity index (χ1) is 9.89. The van der Waals surface area contributed by atoms with Crippen LogP contribution in [0.1, 0.15) is 40.5 Å². The van der Waals surface area contributed by atoms with Crippen molar-refractivity contribution in [2.75, 3.05) is 13.1 Å². The van der Waals surface area contributed by atoms with Gasteiger partial charge in [-0.3, -0.25) is 4.79 Å². The SMILES string of the molecule is CC(C)=CC1C(C(=O)N2CC3C4CCC(O4)C3C2)C1(C)C. The molecule has 1 amide bonds. The second-order valence-corrected chi connectivity index (χ2v) is 8.43. The van der Waals surface area contributed by atoms with Gasteiger partial charge >= 0.3 is 0 Å². The van der Waals surface area contributed by atoms with Crippen LogP contribution in [0, 0.1) is 29.1 Å². The Bertz CT molecular complexity index is 487. The molecule has 3 heteroatoms. The smallest absolute Gasteiger partial charge is 0.226 e. The Morgan fingerprint density at radius 3 is 2.24 bits per heavy atom. The number of carbonyl (C=O) groups is 1. The van der Waals surface area contributed by atoms with Gasteiger partial charge in [0.2, 0.25) is 5.91 Å². The van der Waals surface area contributed by atoms with Crippen molar-refractivity contribution in [2.24, 2.45) is 29.1 Å². The highest BCUT2D eigenvalue weighted by Crippen LogP contribution is 2.60. The van der Waals surface area contributed by atoms with Gasteiger partial charge in [-0.05, 0) is 38.0 Å². The topological polar surface area (TPSA) is 29.5 Å². The predicted octanol–water partition coefficient (Wildman–Crippen LogP) is 2.86.